The van der Waals surface area contributed by atoms with Crippen molar-refractivity contribution in [3.63, 3.8) is 0 Å². The Kier molecular flexibility index (Phi) is 5.94. The first-order valence-corrected chi connectivity index (χ1v) is 9.41. The number of likely N-dealkylation sites (tertiary alicyclic amines) is 1. The Labute approximate surface area is 160 Å². The van der Waals surface area contributed by atoms with E-state index in [0.29, 0.717) is 38.2 Å². The minimum atomic E-state index is 0.0805. The first-order valence-electron chi connectivity index (χ1n) is 9.41. The molecule has 6 nitrogen and oxygen atoms in total. The molecule has 144 valence electrons. The van der Waals surface area contributed by atoms with Gasteiger partial charge in [-0.15, -0.1) is 0 Å². The zero-order valence-electron chi connectivity index (χ0n) is 16.3. The summed E-state index contributed by atoms with van der Waals surface area (Å²) >= 11 is 0. The van der Waals surface area contributed by atoms with Gasteiger partial charge >= 0.3 is 0 Å². The molecule has 1 atom stereocenters. The molecule has 3 rings (SSSR count). The lowest BCUT2D eigenvalue weighted by atomic mass is 10.0. The van der Waals surface area contributed by atoms with Crippen molar-refractivity contribution in [1.29, 1.82) is 0 Å². The van der Waals surface area contributed by atoms with E-state index in [0.717, 1.165) is 23.2 Å². The van der Waals surface area contributed by atoms with E-state index in [2.05, 4.69) is 5.16 Å². The van der Waals surface area contributed by atoms with Gasteiger partial charge in [-0.1, -0.05) is 35.5 Å². The summed E-state index contributed by atoms with van der Waals surface area (Å²) in [5, 5.41) is 3.91. The summed E-state index contributed by atoms with van der Waals surface area (Å²) in [6.45, 7) is 5.65. The molecule has 2 amide bonds. The number of benzene rings is 1. The Hall–Kier alpha value is -2.63. The molecule has 27 heavy (non-hydrogen) atoms. The van der Waals surface area contributed by atoms with Crippen LogP contribution in [-0.2, 0) is 22.6 Å². The lowest BCUT2D eigenvalue weighted by molar-refractivity contribution is -0.132. The molecule has 2 heterocycles. The van der Waals surface area contributed by atoms with Crippen molar-refractivity contribution in [2.75, 3.05) is 20.1 Å². The first kappa shape index (κ1) is 19.1. The van der Waals surface area contributed by atoms with Gasteiger partial charge in [0.2, 0.25) is 11.8 Å². The smallest absolute Gasteiger partial charge is 0.227 e. The average molecular weight is 369 g/mol. The molecule has 0 spiro atoms. The summed E-state index contributed by atoms with van der Waals surface area (Å²) < 4.78 is 5.14. The number of hydrogen-bond donors (Lipinski definition) is 0. The second-order valence-electron chi connectivity index (χ2n) is 7.41. The maximum atomic E-state index is 12.6. The van der Waals surface area contributed by atoms with Crippen molar-refractivity contribution in [1.82, 2.24) is 15.0 Å². The Morgan fingerprint density at radius 3 is 2.67 bits per heavy atom. The average Bonchev–Trinajstić information content (AvgIpc) is 3.24. The second-order valence-corrected chi connectivity index (χ2v) is 7.41. The van der Waals surface area contributed by atoms with Gasteiger partial charge in [-0.3, -0.25) is 9.59 Å². The fourth-order valence-corrected chi connectivity index (χ4v) is 3.59. The monoisotopic (exact) mass is 369 g/mol. The van der Waals surface area contributed by atoms with E-state index in [1.165, 1.54) is 0 Å². The van der Waals surface area contributed by atoms with E-state index in [4.69, 9.17) is 4.52 Å². The molecular formula is C21H27N3O3. The van der Waals surface area contributed by atoms with Gasteiger partial charge in [-0.25, -0.2) is 0 Å². The predicted octanol–water partition coefficient (Wildman–Crippen LogP) is 2.73. The lowest BCUT2D eigenvalue weighted by Crippen LogP contribution is -2.32. The van der Waals surface area contributed by atoms with Crippen molar-refractivity contribution in [2.45, 2.75) is 39.7 Å². The third-order valence-corrected chi connectivity index (χ3v) is 5.30. The van der Waals surface area contributed by atoms with Crippen LogP contribution in [0.2, 0.25) is 0 Å². The third-order valence-electron chi connectivity index (χ3n) is 5.30. The zero-order valence-corrected chi connectivity index (χ0v) is 16.3. The Balaban J connectivity index is 1.49. The molecule has 6 heteroatoms. The van der Waals surface area contributed by atoms with E-state index in [1.54, 1.807) is 4.90 Å². The highest BCUT2D eigenvalue weighted by Gasteiger charge is 2.29. The largest absolute Gasteiger partial charge is 0.361 e. The number of hydrogen-bond acceptors (Lipinski definition) is 4. The van der Waals surface area contributed by atoms with E-state index in [-0.39, 0.29) is 17.7 Å². The third kappa shape index (κ3) is 4.76. The minimum Gasteiger partial charge on any atom is -0.361 e. The van der Waals surface area contributed by atoms with Crippen molar-refractivity contribution in [3.05, 3.63) is 52.9 Å². The van der Waals surface area contributed by atoms with Crippen LogP contribution in [0, 0.1) is 19.8 Å². The molecule has 1 aliphatic rings. The van der Waals surface area contributed by atoms with Crippen molar-refractivity contribution in [3.8, 4) is 0 Å². The van der Waals surface area contributed by atoms with Crippen molar-refractivity contribution < 1.29 is 14.1 Å². The predicted molar refractivity (Wildman–Crippen MR) is 102 cm³/mol. The van der Waals surface area contributed by atoms with Gasteiger partial charge in [-0.2, -0.15) is 0 Å². The highest BCUT2D eigenvalue weighted by Crippen LogP contribution is 2.23. The topological polar surface area (TPSA) is 66.7 Å². The molecule has 1 saturated heterocycles. The summed E-state index contributed by atoms with van der Waals surface area (Å²) in [4.78, 5) is 28.7. The number of carbonyl (C=O) groups excluding carboxylic acids is 2. The van der Waals surface area contributed by atoms with E-state index in [1.807, 2.05) is 56.1 Å². The van der Waals surface area contributed by atoms with Gasteiger partial charge in [-0.05, 0) is 31.7 Å². The Bertz CT molecular complexity index is 781. The molecule has 1 aliphatic heterocycles. The van der Waals surface area contributed by atoms with Crippen molar-refractivity contribution >= 4 is 11.8 Å². The molecular weight excluding hydrogens is 342 g/mol. The normalized spacial score (nSPS) is 16.6. The molecule has 0 N–H and O–H groups in total. The molecule has 1 aromatic heterocycles. The zero-order chi connectivity index (χ0) is 19.4. The standard InChI is InChI=1S/C21H27N3O3/c1-15-19(16(2)27-22-15)12-21(26)24-10-9-18(14-24)11-20(25)23(3)13-17-7-5-4-6-8-17/h4-8,18H,9-14H2,1-3H3. The summed E-state index contributed by atoms with van der Waals surface area (Å²) in [6, 6.07) is 9.97. The van der Waals surface area contributed by atoms with Crippen LogP contribution in [-0.4, -0.2) is 46.9 Å². The van der Waals surface area contributed by atoms with Crippen LogP contribution in [0.3, 0.4) is 0 Å². The first-order chi connectivity index (χ1) is 12.9. The van der Waals surface area contributed by atoms with Gasteiger partial charge in [0.1, 0.15) is 5.76 Å². The van der Waals surface area contributed by atoms with E-state index >= 15 is 0 Å². The molecule has 0 aliphatic carbocycles. The lowest BCUT2D eigenvalue weighted by Gasteiger charge is -2.20. The van der Waals surface area contributed by atoms with Gasteiger partial charge in [0.25, 0.3) is 0 Å². The highest BCUT2D eigenvalue weighted by atomic mass is 16.5. The van der Waals surface area contributed by atoms with Crippen LogP contribution in [0.1, 0.15) is 35.4 Å². The van der Waals surface area contributed by atoms with Gasteiger partial charge in [0.15, 0.2) is 0 Å². The number of aryl methyl sites for hydroxylation is 2. The fraction of sp³-hybridized carbons (Fsp3) is 0.476. The van der Waals surface area contributed by atoms with Crippen molar-refractivity contribution in [2.24, 2.45) is 5.92 Å². The van der Waals surface area contributed by atoms with Crippen LogP contribution >= 0.6 is 0 Å². The Morgan fingerprint density at radius 2 is 2.00 bits per heavy atom. The van der Waals surface area contributed by atoms with Crippen LogP contribution in [0.25, 0.3) is 0 Å². The van der Waals surface area contributed by atoms with Gasteiger partial charge in [0, 0.05) is 38.7 Å². The molecule has 1 unspecified atom stereocenters. The second kappa shape index (κ2) is 8.37. The maximum absolute atomic E-state index is 12.6. The van der Waals surface area contributed by atoms with Crippen LogP contribution < -0.4 is 0 Å². The summed E-state index contributed by atoms with van der Waals surface area (Å²) in [5.41, 5.74) is 2.77. The molecule has 2 aromatic rings. The summed E-state index contributed by atoms with van der Waals surface area (Å²) in [7, 11) is 1.84. The van der Waals surface area contributed by atoms with Crippen LogP contribution in [0.5, 0.6) is 0 Å². The molecule has 1 fully saturated rings. The van der Waals surface area contributed by atoms with E-state index < -0.39 is 0 Å². The minimum absolute atomic E-state index is 0.0805. The number of rotatable bonds is 6. The molecule has 1 aromatic carbocycles. The quantitative estimate of drug-likeness (QED) is 0.785. The SMILES string of the molecule is Cc1noc(C)c1CC(=O)N1CCC(CC(=O)N(C)Cc2ccccc2)C1. The summed E-state index contributed by atoms with van der Waals surface area (Å²) in [5.74, 6) is 1.14. The Morgan fingerprint density at radius 1 is 1.26 bits per heavy atom. The van der Waals surface area contributed by atoms with Gasteiger partial charge < -0.3 is 14.3 Å². The van der Waals surface area contributed by atoms with Crippen LogP contribution in [0.4, 0.5) is 0 Å². The summed E-state index contributed by atoms with van der Waals surface area (Å²) in [6.07, 6.45) is 1.67. The molecule has 0 saturated carbocycles. The number of amides is 2. The van der Waals surface area contributed by atoms with E-state index in [9.17, 15) is 9.59 Å². The molecule has 0 radical (unpaired) electrons. The number of carbonyl (C=O) groups is 2. The number of nitrogens with zero attached hydrogens (tertiary/aromatic N) is 3. The maximum Gasteiger partial charge on any atom is 0.227 e. The highest BCUT2D eigenvalue weighted by molar-refractivity contribution is 5.80. The van der Waals surface area contributed by atoms with Gasteiger partial charge in [0.05, 0.1) is 12.1 Å². The fourth-order valence-electron chi connectivity index (χ4n) is 3.59. The molecule has 0 bridgehead atoms. The van der Waals surface area contributed by atoms with Crippen LogP contribution in [0.15, 0.2) is 34.9 Å². The number of aromatic nitrogens is 1.